The van der Waals surface area contributed by atoms with Crippen molar-refractivity contribution in [2.24, 2.45) is 0 Å². The van der Waals surface area contributed by atoms with E-state index in [1.54, 1.807) is 20.3 Å². The molecule has 2 N–H and O–H groups in total. The third kappa shape index (κ3) is 1.62. The van der Waals surface area contributed by atoms with Gasteiger partial charge in [-0.15, -0.1) is 0 Å². The van der Waals surface area contributed by atoms with E-state index in [9.17, 15) is 0 Å². The summed E-state index contributed by atoms with van der Waals surface area (Å²) in [4.78, 5) is 4.42. The summed E-state index contributed by atoms with van der Waals surface area (Å²) >= 11 is 0. The zero-order valence-corrected chi connectivity index (χ0v) is 9.57. The molecule has 0 aliphatic heterocycles. The van der Waals surface area contributed by atoms with Crippen LogP contribution in [0, 0.1) is 6.92 Å². The molecule has 0 aliphatic rings. The Morgan fingerprint density at radius 1 is 1.12 bits per heavy atom. The van der Waals surface area contributed by atoms with Gasteiger partial charge in [0.05, 0.1) is 14.2 Å². The monoisotopic (exact) mass is 218 g/mol. The van der Waals surface area contributed by atoms with Gasteiger partial charge in [-0.1, -0.05) is 0 Å². The fourth-order valence-corrected chi connectivity index (χ4v) is 1.70. The Morgan fingerprint density at radius 3 is 2.50 bits per heavy atom. The molecular formula is C12H14N2O2. The van der Waals surface area contributed by atoms with E-state index in [2.05, 4.69) is 4.98 Å². The number of hydrogen-bond acceptors (Lipinski definition) is 4. The molecule has 4 nitrogen and oxygen atoms in total. The minimum Gasteiger partial charge on any atom is -0.497 e. The number of nitrogen functional groups attached to an aromatic ring is 1. The molecule has 0 amide bonds. The lowest BCUT2D eigenvalue weighted by molar-refractivity contribution is 0.397. The van der Waals surface area contributed by atoms with Crippen LogP contribution in [0.3, 0.4) is 0 Å². The molecule has 0 aliphatic carbocycles. The van der Waals surface area contributed by atoms with Crippen molar-refractivity contribution in [3.8, 4) is 11.5 Å². The van der Waals surface area contributed by atoms with Crippen LogP contribution in [0.15, 0.2) is 18.2 Å². The summed E-state index contributed by atoms with van der Waals surface area (Å²) in [5.41, 5.74) is 8.27. The van der Waals surface area contributed by atoms with Crippen LogP contribution >= 0.6 is 0 Å². The normalized spacial score (nSPS) is 10.4. The molecule has 0 radical (unpaired) electrons. The topological polar surface area (TPSA) is 57.4 Å². The third-order valence-electron chi connectivity index (χ3n) is 2.47. The Kier molecular flexibility index (Phi) is 2.56. The first-order chi connectivity index (χ1) is 7.65. The highest BCUT2D eigenvalue weighted by molar-refractivity contribution is 5.95. The maximum absolute atomic E-state index is 5.95. The summed E-state index contributed by atoms with van der Waals surface area (Å²) in [7, 11) is 3.22. The molecule has 1 aromatic carbocycles. The Bertz CT molecular complexity index is 538. The number of benzene rings is 1. The summed E-state index contributed by atoms with van der Waals surface area (Å²) < 4.78 is 10.5. The number of aromatic nitrogens is 1. The summed E-state index contributed by atoms with van der Waals surface area (Å²) in [6, 6.07) is 5.50. The van der Waals surface area contributed by atoms with Crippen molar-refractivity contribution in [1.82, 2.24) is 4.98 Å². The molecule has 0 spiro atoms. The van der Waals surface area contributed by atoms with Crippen LogP contribution in [0.2, 0.25) is 0 Å². The SMILES string of the molecule is COc1cc(OC)c2nc(C)cc(N)c2c1. The number of methoxy groups -OCH3 is 2. The second kappa shape index (κ2) is 3.89. The number of ether oxygens (including phenoxy) is 2. The standard InChI is InChI=1S/C12H14N2O2/c1-7-4-10(13)9-5-8(15-2)6-11(16-3)12(9)14-7/h4-6H,1-3H3,(H2,13,14). The largest absolute Gasteiger partial charge is 0.497 e. The molecule has 0 saturated carbocycles. The number of pyridine rings is 1. The zero-order chi connectivity index (χ0) is 11.7. The van der Waals surface area contributed by atoms with Gasteiger partial charge in [0.15, 0.2) is 0 Å². The van der Waals surface area contributed by atoms with E-state index in [4.69, 9.17) is 15.2 Å². The molecule has 1 aromatic heterocycles. The molecule has 4 heteroatoms. The van der Waals surface area contributed by atoms with Crippen molar-refractivity contribution < 1.29 is 9.47 Å². The molecule has 0 bridgehead atoms. The number of aryl methyl sites for hydroxylation is 1. The maximum Gasteiger partial charge on any atom is 0.148 e. The van der Waals surface area contributed by atoms with Crippen LogP contribution in [0.5, 0.6) is 11.5 Å². The predicted molar refractivity (Wildman–Crippen MR) is 64.0 cm³/mol. The van der Waals surface area contributed by atoms with Crippen molar-refractivity contribution in [2.75, 3.05) is 20.0 Å². The summed E-state index contributed by atoms with van der Waals surface area (Å²) in [5, 5.41) is 0.849. The number of fused-ring (bicyclic) bond motifs is 1. The third-order valence-corrected chi connectivity index (χ3v) is 2.47. The molecule has 2 rings (SSSR count). The van der Waals surface area contributed by atoms with Gasteiger partial charge in [-0.2, -0.15) is 0 Å². The van der Waals surface area contributed by atoms with Crippen molar-refractivity contribution in [2.45, 2.75) is 6.92 Å². The first-order valence-electron chi connectivity index (χ1n) is 4.94. The highest BCUT2D eigenvalue weighted by Crippen LogP contribution is 2.33. The number of nitrogens with two attached hydrogens (primary N) is 1. The highest BCUT2D eigenvalue weighted by Gasteiger charge is 2.09. The smallest absolute Gasteiger partial charge is 0.148 e. The van der Waals surface area contributed by atoms with E-state index in [1.165, 1.54) is 0 Å². The first kappa shape index (κ1) is 10.5. The molecule has 0 atom stereocenters. The molecule has 1 heterocycles. The fourth-order valence-electron chi connectivity index (χ4n) is 1.70. The van der Waals surface area contributed by atoms with E-state index >= 15 is 0 Å². The Labute approximate surface area is 94.0 Å². The van der Waals surface area contributed by atoms with Crippen molar-refractivity contribution in [1.29, 1.82) is 0 Å². The molecule has 0 saturated heterocycles. The number of anilines is 1. The summed E-state index contributed by atoms with van der Waals surface area (Å²) in [5.74, 6) is 1.38. The van der Waals surface area contributed by atoms with Crippen LogP contribution in [0.4, 0.5) is 5.69 Å². The quantitative estimate of drug-likeness (QED) is 0.839. The van der Waals surface area contributed by atoms with Crippen LogP contribution in [-0.4, -0.2) is 19.2 Å². The minimum atomic E-state index is 0.671. The second-order valence-electron chi connectivity index (χ2n) is 3.58. The lowest BCUT2D eigenvalue weighted by atomic mass is 10.1. The first-order valence-corrected chi connectivity index (χ1v) is 4.94. The Balaban J connectivity index is 2.83. The van der Waals surface area contributed by atoms with E-state index in [-0.39, 0.29) is 0 Å². The fraction of sp³-hybridized carbons (Fsp3) is 0.250. The van der Waals surface area contributed by atoms with E-state index in [0.29, 0.717) is 17.2 Å². The minimum absolute atomic E-state index is 0.671. The molecule has 16 heavy (non-hydrogen) atoms. The lowest BCUT2D eigenvalue weighted by Gasteiger charge is -2.10. The predicted octanol–water partition coefficient (Wildman–Crippen LogP) is 2.14. The van der Waals surface area contributed by atoms with Gasteiger partial charge in [-0.25, -0.2) is 4.98 Å². The second-order valence-corrected chi connectivity index (χ2v) is 3.58. The maximum atomic E-state index is 5.95. The van der Waals surface area contributed by atoms with Crippen LogP contribution < -0.4 is 15.2 Å². The van der Waals surface area contributed by atoms with Crippen molar-refractivity contribution in [3.63, 3.8) is 0 Å². The van der Waals surface area contributed by atoms with E-state index < -0.39 is 0 Å². The molecule has 84 valence electrons. The van der Waals surface area contributed by atoms with Gasteiger partial charge in [0.25, 0.3) is 0 Å². The van der Waals surface area contributed by atoms with E-state index in [1.807, 2.05) is 19.1 Å². The number of rotatable bonds is 2. The Morgan fingerprint density at radius 2 is 1.88 bits per heavy atom. The molecule has 2 aromatic rings. The Hall–Kier alpha value is -1.97. The summed E-state index contributed by atoms with van der Waals surface area (Å²) in [6.45, 7) is 1.90. The molecule has 0 fully saturated rings. The molecule has 0 unspecified atom stereocenters. The van der Waals surface area contributed by atoms with Crippen molar-refractivity contribution >= 4 is 16.6 Å². The van der Waals surface area contributed by atoms with Crippen molar-refractivity contribution in [3.05, 3.63) is 23.9 Å². The van der Waals surface area contributed by atoms with Crippen LogP contribution in [0.25, 0.3) is 10.9 Å². The van der Waals surface area contributed by atoms with Gasteiger partial charge in [0.1, 0.15) is 17.0 Å². The van der Waals surface area contributed by atoms with Crippen LogP contribution in [0.1, 0.15) is 5.69 Å². The van der Waals surface area contributed by atoms with Gasteiger partial charge >= 0.3 is 0 Å². The van der Waals surface area contributed by atoms with Gasteiger partial charge in [0, 0.05) is 22.8 Å². The highest BCUT2D eigenvalue weighted by atomic mass is 16.5. The average molecular weight is 218 g/mol. The number of nitrogens with zero attached hydrogens (tertiary/aromatic N) is 1. The van der Waals surface area contributed by atoms with Gasteiger partial charge < -0.3 is 15.2 Å². The lowest BCUT2D eigenvalue weighted by Crippen LogP contribution is -1.96. The van der Waals surface area contributed by atoms with Gasteiger partial charge in [-0.05, 0) is 19.1 Å². The average Bonchev–Trinajstić information content (AvgIpc) is 2.28. The zero-order valence-electron chi connectivity index (χ0n) is 9.57. The van der Waals surface area contributed by atoms with Crippen LogP contribution in [-0.2, 0) is 0 Å². The van der Waals surface area contributed by atoms with E-state index in [0.717, 1.165) is 16.6 Å². The summed E-state index contributed by atoms with van der Waals surface area (Å²) in [6.07, 6.45) is 0. The number of hydrogen-bond donors (Lipinski definition) is 1. The van der Waals surface area contributed by atoms with Gasteiger partial charge in [0.2, 0.25) is 0 Å². The van der Waals surface area contributed by atoms with Gasteiger partial charge in [-0.3, -0.25) is 0 Å². The molecular weight excluding hydrogens is 204 g/mol.